The molecule has 1 aliphatic heterocycles. The Morgan fingerprint density at radius 2 is 2.25 bits per heavy atom. The fourth-order valence-corrected chi connectivity index (χ4v) is 1.48. The van der Waals surface area contributed by atoms with Gasteiger partial charge in [-0.15, -0.1) is 0 Å². The Morgan fingerprint density at radius 1 is 1.50 bits per heavy atom. The van der Waals surface area contributed by atoms with E-state index < -0.39 is 0 Å². The maximum Gasteiger partial charge on any atom is 0.247 e. The Labute approximate surface area is 98.7 Å². The summed E-state index contributed by atoms with van der Waals surface area (Å²) in [7, 11) is 0. The molecule has 1 amide bonds. The zero-order valence-corrected chi connectivity index (χ0v) is 9.95. The molecule has 0 fully saturated rings. The first-order valence-corrected chi connectivity index (χ1v) is 5.68. The van der Waals surface area contributed by atoms with Crippen LogP contribution < -0.4 is 10.6 Å². The van der Waals surface area contributed by atoms with E-state index in [0.29, 0.717) is 11.5 Å². The van der Waals surface area contributed by atoms with Crippen molar-refractivity contribution in [2.45, 2.75) is 39.7 Å². The minimum atomic E-state index is -0.164. The number of nitrogens with one attached hydrogen (secondary N) is 2. The molecule has 2 rings (SSSR count). The van der Waals surface area contributed by atoms with Crippen LogP contribution >= 0.6 is 0 Å². The van der Waals surface area contributed by atoms with Crippen LogP contribution in [-0.4, -0.2) is 21.9 Å². The van der Waals surface area contributed by atoms with Gasteiger partial charge in [-0.25, -0.2) is 9.97 Å². The van der Waals surface area contributed by atoms with Gasteiger partial charge in [0.1, 0.15) is 18.1 Å². The van der Waals surface area contributed by atoms with Crippen LogP contribution in [-0.2, 0) is 4.79 Å². The largest absolute Gasteiger partial charge is 0.357 e. The van der Waals surface area contributed by atoms with Gasteiger partial charge in [-0.2, -0.15) is 0 Å². The highest BCUT2D eigenvalue weighted by Crippen LogP contribution is 2.23. The molecule has 1 aromatic rings. The van der Waals surface area contributed by atoms with Crippen molar-refractivity contribution < 1.29 is 7.65 Å². The summed E-state index contributed by atoms with van der Waals surface area (Å²) in [4.78, 5) is 19.4. The van der Waals surface area contributed by atoms with Crippen LogP contribution in [0.2, 0.25) is 0 Å². The Kier molecular flexibility index (Phi) is 4.69. The molecule has 0 saturated heterocycles. The maximum atomic E-state index is 11.5. The fraction of sp³-hybridized carbons (Fsp3) is 0.545. The lowest BCUT2D eigenvalue weighted by atomic mass is 10.1. The fourth-order valence-electron chi connectivity index (χ4n) is 1.48. The van der Waals surface area contributed by atoms with Crippen molar-refractivity contribution in [1.82, 2.24) is 9.97 Å². The molecule has 0 saturated carbocycles. The second-order valence-electron chi connectivity index (χ2n) is 3.26. The molecule has 0 unspecified atom stereocenters. The average molecular weight is 226 g/mol. The molecule has 2 heterocycles. The summed E-state index contributed by atoms with van der Waals surface area (Å²) in [5, 5.41) is 5.85. The van der Waals surface area contributed by atoms with E-state index in [-0.39, 0.29) is 14.8 Å². The van der Waals surface area contributed by atoms with E-state index >= 15 is 0 Å². The van der Waals surface area contributed by atoms with E-state index in [4.69, 9.17) is 0 Å². The molecule has 5 heteroatoms. The van der Waals surface area contributed by atoms with Gasteiger partial charge >= 0.3 is 0 Å². The van der Waals surface area contributed by atoms with E-state index in [1.165, 1.54) is 6.33 Å². The lowest BCUT2D eigenvalue weighted by Crippen LogP contribution is -2.39. The van der Waals surface area contributed by atoms with Crippen LogP contribution in [0.15, 0.2) is 12.5 Å². The standard InChI is InChI=1S/C9H12N4O.C2H6.2H2/c1-2-3-6-9(14)13-7-4-10-5-11-8(7)12-6;1-2;;/h4-6H,2-3H2,1H3,(H,13,14)(H,10,11,12);1-2H3;2*1H/t6-;;;/m0.../s1. The number of fused-ring (bicyclic) bond motifs is 1. The first-order valence-electron chi connectivity index (χ1n) is 5.68. The second-order valence-corrected chi connectivity index (χ2v) is 3.26. The van der Waals surface area contributed by atoms with Gasteiger partial charge in [0.2, 0.25) is 5.91 Å². The molecule has 0 aromatic carbocycles. The van der Waals surface area contributed by atoms with Gasteiger partial charge in [0.05, 0.1) is 6.20 Å². The molecule has 16 heavy (non-hydrogen) atoms. The Balaban J connectivity index is 0. The van der Waals surface area contributed by atoms with Crippen molar-refractivity contribution in [3.63, 3.8) is 0 Å². The van der Waals surface area contributed by atoms with E-state index in [1.54, 1.807) is 6.20 Å². The van der Waals surface area contributed by atoms with Gasteiger partial charge in [0, 0.05) is 2.85 Å². The van der Waals surface area contributed by atoms with E-state index in [1.807, 2.05) is 20.8 Å². The first kappa shape index (κ1) is 12.4. The van der Waals surface area contributed by atoms with Crippen molar-refractivity contribution in [3.8, 4) is 0 Å². The van der Waals surface area contributed by atoms with Crippen LogP contribution in [0.3, 0.4) is 0 Å². The third kappa shape index (κ3) is 2.68. The van der Waals surface area contributed by atoms with Crippen molar-refractivity contribution in [1.29, 1.82) is 0 Å². The highest BCUT2D eigenvalue weighted by atomic mass is 16.2. The van der Waals surface area contributed by atoms with Crippen molar-refractivity contribution in [2.24, 2.45) is 0 Å². The summed E-state index contributed by atoms with van der Waals surface area (Å²) in [6, 6.07) is -0.164. The topological polar surface area (TPSA) is 66.9 Å². The van der Waals surface area contributed by atoms with Crippen LogP contribution in [0.4, 0.5) is 11.5 Å². The number of carbonyl (C=O) groups excluding carboxylic acids is 1. The van der Waals surface area contributed by atoms with Crippen molar-refractivity contribution in [2.75, 3.05) is 10.6 Å². The van der Waals surface area contributed by atoms with Crippen molar-refractivity contribution >= 4 is 17.4 Å². The number of carbonyl (C=O) groups is 1. The summed E-state index contributed by atoms with van der Waals surface area (Å²) in [6.07, 6.45) is 4.84. The molecule has 1 aromatic heterocycles. The Hall–Kier alpha value is -1.65. The second kappa shape index (κ2) is 6.05. The van der Waals surface area contributed by atoms with Crippen LogP contribution in [0, 0.1) is 0 Å². The number of aromatic nitrogens is 2. The number of amides is 1. The summed E-state index contributed by atoms with van der Waals surface area (Å²) in [6.45, 7) is 6.05. The van der Waals surface area contributed by atoms with E-state index in [0.717, 1.165) is 12.8 Å². The summed E-state index contributed by atoms with van der Waals surface area (Å²) in [5.74, 6) is 0.701. The third-order valence-corrected chi connectivity index (χ3v) is 2.17. The molecular formula is C11H22N4O. The lowest BCUT2D eigenvalue weighted by Gasteiger charge is -2.24. The first-order chi connectivity index (χ1) is 7.81. The Bertz CT molecular complexity index is 363. The highest BCUT2D eigenvalue weighted by molar-refractivity contribution is 6.01. The molecule has 1 aliphatic rings. The number of anilines is 2. The minimum absolute atomic E-state index is 0. The lowest BCUT2D eigenvalue weighted by molar-refractivity contribution is -0.117. The average Bonchev–Trinajstić information content (AvgIpc) is 2.33. The maximum absolute atomic E-state index is 11.5. The number of nitrogens with zero attached hydrogens (tertiary/aromatic N) is 2. The zero-order valence-electron chi connectivity index (χ0n) is 9.95. The monoisotopic (exact) mass is 226 g/mol. The van der Waals surface area contributed by atoms with Crippen LogP contribution in [0.5, 0.6) is 0 Å². The number of hydrogen-bond donors (Lipinski definition) is 2. The summed E-state index contributed by atoms with van der Waals surface area (Å²) in [5.41, 5.74) is 0.657. The normalized spacial score (nSPS) is 17.4. The van der Waals surface area contributed by atoms with Gasteiger partial charge in [-0.1, -0.05) is 27.2 Å². The smallest absolute Gasteiger partial charge is 0.247 e. The van der Waals surface area contributed by atoms with Crippen LogP contribution in [0.1, 0.15) is 36.5 Å². The molecule has 2 N–H and O–H groups in total. The van der Waals surface area contributed by atoms with E-state index in [2.05, 4.69) is 20.6 Å². The molecular weight excluding hydrogens is 204 g/mol. The van der Waals surface area contributed by atoms with Crippen molar-refractivity contribution in [3.05, 3.63) is 12.5 Å². The SMILES string of the molecule is CC.CCC[C@@H]1Nc2ncncc2NC1=O.[HH].[HH]. The quantitative estimate of drug-likeness (QED) is 0.813. The zero-order chi connectivity index (χ0) is 12.0. The summed E-state index contributed by atoms with van der Waals surface area (Å²) < 4.78 is 0. The molecule has 0 aliphatic carbocycles. The van der Waals surface area contributed by atoms with Crippen LogP contribution in [0.25, 0.3) is 0 Å². The van der Waals surface area contributed by atoms with E-state index in [9.17, 15) is 4.79 Å². The highest BCUT2D eigenvalue weighted by Gasteiger charge is 2.24. The number of rotatable bonds is 2. The Morgan fingerprint density at radius 3 is 2.94 bits per heavy atom. The van der Waals surface area contributed by atoms with Gasteiger partial charge in [-0.3, -0.25) is 4.79 Å². The van der Waals surface area contributed by atoms with Gasteiger partial charge in [-0.05, 0) is 6.42 Å². The van der Waals surface area contributed by atoms with Gasteiger partial charge < -0.3 is 10.6 Å². The number of hydrogen-bond acceptors (Lipinski definition) is 4. The molecule has 1 atom stereocenters. The van der Waals surface area contributed by atoms with Gasteiger partial charge in [0.25, 0.3) is 0 Å². The summed E-state index contributed by atoms with van der Waals surface area (Å²) >= 11 is 0. The predicted octanol–water partition coefficient (Wildman–Crippen LogP) is 2.53. The predicted molar refractivity (Wildman–Crippen MR) is 68.6 cm³/mol. The molecule has 0 radical (unpaired) electrons. The molecule has 0 spiro atoms. The van der Waals surface area contributed by atoms with Gasteiger partial charge in [0.15, 0.2) is 5.82 Å². The molecule has 5 nitrogen and oxygen atoms in total. The molecule has 0 bridgehead atoms. The minimum Gasteiger partial charge on any atom is -0.357 e. The third-order valence-electron chi connectivity index (χ3n) is 2.17. The molecule has 92 valence electrons.